The number of hydrogen-bond donors (Lipinski definition) is 2. The molecule has 29 heavy (non-hydrogen) atoms. The normalized spacial score (nSPS) is 20.0. The van der Waals surface area contributed by atoms with E-state index in [1.54, 1.807) is 12.4 Å². The molecule has 0 unspecified atom stereocenters. The SMILES string of the molecule is CC(C)n1c(CO)nc2cnc(Cc3ccnc(N4CC[C@H](O)[C@H](C)C4)n3)cc21. The summed E-state index contributed by atoms with van der Waals surface area (Å²) in [6, 6.07) is 4.14. The number of aromatic nitrogens is 5. The lowest BCUT2D eigenvalue weighted by Gasteiger charge is -2.34. The van der Waals surface area contributed by atoms with Gasteiger partial charge in [-0.25, -0.2) is 15.0 Å². The first-order valence-electron chi connectivity index (χ1n) is 10.2. The number of aliphatic hydroxyl groups is 2. The maximum absolute atomic E-state index is 9.96. The molecule has 0 spiro atoms. The minimum absolute atomic E-state index is 0.0968. The molecule has 1 aliphatic rings. The summed E-state index contributed by atoms with van der Waals surface area (Å²) < 4.78 is 2.05. The maximum Gasteiger partial charge on any atom is 0.225 e. The van der Waals surface area contributed by atoms with Gasteiger partial charge in [-0.05, 0) is 38.3 Å². The summed E-state index contributed by atoms with van der Waals surface area (Å²) in [5.74, 6) is 1.56. The van der Waals surface area contributed by atoms with E-state index in [4.69, 9.17) is 4.98 Å². The summed E-state index contributed by atoms with van der Waals surface area (Å²) in [4.78, 5) is 20.4. The second-order valence-electron chi connectivity index (χ2n) is 8.12. The van der Waals surface area contributed by atoms with Gasteiger partial charge < -0.3 is 19.7 Å². The van der Waals surface area contributed by atoms with Crippen molar-refractivity contribution in [3.8, 4) is 0 Å². The van der Waals surface area contributed by atoms with Crippen molar-refractivity contribution in [3.63, 3.8) is 0 Å². The van der Waals surface area contributed by atoms with E-state index in [2.05, 4.69) is 40.6 Å². The van der Waals surface area contributed by atoms with Gasteiger partial charge in [-0.15, -0.1) is 0 Å². The summed E-state index contributed by atoms with van der Waals surface area (Å²) in [5.41, 5.74) is 3.56. The lowest BCUT2D eigenvalue weighted by molar-refractivity contribution is 0.0966. The molecule has 1 fully saturated rings. The van der Waals surface area contributed by atoms with Crippen LogP contribution in [0.25, 0.3) is 11.0 Å². The molecule has 4 rings (SSSR count). The second kappa shape index (κ2) is 8.04. The molecule has 0 bridgehead atoms. The predicted molar refractivity (Wildman–Crippen MR) is 111 cm³/mol. The molecule has 3 aromatic rings. The molecule has 2 N–H and O–H groups in total. The highest BCUT2D eigenvalue weighted by Gasteiger charge is 2.25. The van der Waals surface area contributed by atoms with Gasteiger partial charge in [-0.3, -0.25) is 4.98 Å². The average molecular weight is 396 g/mol. The summed E-state index contributed by atoms with van der Waals surface area (Å²) in [5, 5.41) is 19.6. The summed E-state index contributed by atoms with van der Waals surface area (Å²) in [6.07, 6.45) is 4.63. The molecule has 2 atom stereocenters. The molecular weight excluding hydrogens is 368 g/mol. The monoisotopic (exact) mass is 396 g/mol. The van der Waals surface area contributed by atoms with E-state index in [-0.39, 0.29) is 24.7 Å². The number of nitrogens with zero attached hydrogens (tertiary/aromatic N) is 6. The van der Waals surface area contributed by atoms with E-state index < -0.39 is 0 Å². The van der Waals surface area contributed by atoms with Gasteiger partial charge in [0.2, 0.25) is 5.95 Å². The molecule has 8 heteroatoms. The van der Waals surface area contributed by atoms with E-state index in [9.17, 15) is 10.2 Å². The Labute approximate surface area is 170 Å². The topological polar surface area (TPSA) is 100 Å². The average Bonchev–Trinajstić information content (AvgIpc) is 3.08. The van der Waals surface area contributed by atoms with Crippen molar-refractivity contribution in [1.29, 1.82) is 0 Å². The zero-order chi connectivity index (χ0) is 20.5. The van der Waals surface area contributed by atoms with Crippen molar-refractivity contribution in [3.05, 3.63) is 41.7 Å². The third kappa shape index (κ3) is 3.95. The highest BCUT2D eigenvalue weighted by Crippen LogP contribution is 2.23. The van der Waals surface area contributed by atoms with Gasteiger partial charge in [-0.2, -0.15) is 0 Å². The second-order valence-corrected chi connectivity index (χ2v) is 8.12. The quantitative estimate of drug-likeness (QED) is 0.681. The van der Waals surface area contributed by atoms with Crippen LogP contribution < -0.4 is 4.90 Å². The number of fused-ring (bicyclic) bond motifs is 1. The molecular formula is C21H28N6O2. The van der Waals surface area contributed by atoms with Crippen molar-refractivity contribution < 1.29 is 10.2 Å². The van der Waals surface area contributed by atoms with Crippen LogP contribution in [0.2, 0.25) is 0 Å². The fraction of sp³-hybridized carbons (Fsp3) is 0.524. The van der Waals surface area contributed by atoms with Crippen LogP contribution in [0.5, 0.6) is 0 Å². The molecule has 0 saturated carbocycles. The van der Waals surface area contributed by atoms with Crippen molar-refractivity contribution >= 4 is 17.0 Å². The third-order valence-corrected chi connectivity index (χ3v) is 5.57. The van der Waals surface area contributed by atoms with Gasteiger partial charge in [0, 0.05) is 37.4 Å². The van der Waals surface area contributed by atoms with Crippen LogP contribution >= 0.6 is 0 Å². The number of anilines is 1. The largest absolute Gasteiger partial charge is 0.393 e. The zero-order valence-corrected chi connectivity index (χ0v) is 17.2. The number of imidazole rings is 1. The Morgan fingerprint density at radius 3 is 2.76 bits per heavy atom. The first kappa shape index (κ1) is 19.7. The number of pyridine rings is 1. The first-order chi connectivity index (χ1) is 14.0. The number of piperidine rings is 1. The molecule has 0 aromatic carbocycles. The number of aliphatic hydroxyl groups excluding tert-OH is 2. The van der Waals surface area contributed by atoms with Crippen LogP contribution in [-0.4, -0.2) is 53.9 Å². The van der Waals surface area contributed by atoms with Gasteiger partial charge >= 0.3 is 0 Å². The molecule has 8 nitrogen and oxygen atoms in total. The Kier molecular flexibility index (Phi) is 5.47. The van der Waals surface area contributed by atoms with Crippen LogP contribution in [0.1, 0.15) is 50.4 Å². The van der Waals surface area contributed by atoms with E-state index >= 15 is 0 Å². The fourth-order valence-corrected chi connectivity index (χ4v) is 4.01. The third-order valence-electron chi connectivity index (χ3n) is 5.57. The molecule has 154 valence electrons. The van der Waals surface area contributed by atoms with Crippen molar-refractivity contribution in [2.75, 3.05) is 18.0 Å². The lowest BCUT2D eigenvalue weighted by Crippen LogP contribution is -2.42. The van der Waals surface area contributed by atoms with E-state index in [1.807, 2.05) is 16.7 Å². The predicted octanol–water partition coefficient (Wildman–Crippen LogP) is 2.09. The smallest absolute Gasteiger partial charge is 0.225 e. The highest BCUT2D eigenvalue weighted by molar-refractivity contribution is 5.75. The Bertz CT molecular complexity index is 1000. The van der Waals surface area contributed by atoms with Crippen LogP contribution in [0.3, 0.4) is 0 Å². The molecule has 3 aromatic heterocycles. The first-order valence-corrected chi connectivity index (χ1v) is 10.2. The molecule has 4 heterocycles. The van der Waals surface area contributed by atoms with Crippen molar-refractivity contribution in [2.45, 2.75) is 52.4 Å². The molecule has 0 radical (unpaired) electrons. The molecule has 0 amide bonds. The zero-order valence-electron chi connectivity index (χ0n) is 17.2. The van der Waals surface area contributed by atoms with Gasteiger partial charge in [-0.1, -0.05) is 6.92 Å². The number of rotatable bonds is 5. The van der Waals surface area contributed by atoms with E-state index in [0.717, 1.165) is 41.9 Å². The van der Waals surface area contributed by atoms with Gasteiger partial charge in [0.1, 0.15) is 17.9 Å². The standard InChI is InChI=1S/C21H28N6O2/c1-13(2)27-18-9-16(23-10-17(18)25-20(27)12-28)8-15-4-6-22-21(24-15)26-7-5-19(29)14(3)11-26/h4,6,9-10,13-14,19,28-29H,5,7-8,11-12H2,1-3H3/t14-,19+/m1/s1. The van der Waals surface area contributed by atoms with Crippen LogP contribution in [0.15, 0.2) is 24.5 Å². The van der Waals surface area contributed by atoms with Gasteiger partial charge in [0.05, 0.1) is 23.5 Å². The van der Waals surface area contributed by atoms with E-state index in [1.165, 1.54) is 0 Å². The number of hydrogen-bond acceptors (Lipinski definition) is 7. The van der Waals surface area contributed by atoms with Crippen LogP contribution in [0.4, 0.5) is 5.95 Å². The van der Waals surface area contributed by atoms with Crippen molar-refractivity contribution in [1.82, 2.24) is 24.5 Å². The minimum atomic E-state index is -0.250. The van der Waals surface area contributed by atoms with Crippen LogP contribution in [0, 0.1) is 5.92 Å². The Morgan fingerprint density at radius 1 is 1.21 bits per heavy atom. The molecule has 1 saturated heterocycles. The maximum atomic E-state index is 9.96. The Balaban J connectivity index is 1.59. The van der Waals surface area contributed by atoms with Gasteiger partial charge in [0.15, 0.2) is 0 Å². The summed E-state index contributed by atoms with van der Waals surface area (Å²) >= 11 is 0. The highest BCUT2D eigenvalue weighted by atomic mass is 16.3. The van der Waals surface area contributed by atoms with Gasteiger partial charge in [0.25, 0.3) is 0 Å². The summed E-state index contributed by atoms with van der Waals surface area (Å²) in [7, 11) is 0. The molecule has 1 aliphatic heterocycles. The minimum Gasteiger partial charge on any atom is -0.393 e. The molecule has 0 aliphatic carbocycles. The Morgan fingerprint density at radius 2 is 2.03 bits per heavy atom. The van der Waals surface area contributed by atoms with E-state index in [0.29, 0.717) is 18.2 Å². The fourth-order valence-electron chi connectivity index (χ4n) is 4.01. The lowest BCUT2D eigenvalue weighted by atomic mass is 9.97. The summed E-state index contributed by atoms with van der Waals surface area (Å²) in [6.45, 7) is 7.63. The van der Waals surface area contributed by atoms with Crippen molar-refractivity contribution in [2.24, 2.45) is 5.92 Å². The van der Waals surface area contributed by atoms with Crippen LogP contribution in [-0.2, 0) is 13.0 Å². The Hall–Kier alpha value is -2.58.